The fourth-order valence-electron chi connectivity index (χ4n) is 7.83. The fourth-order valence-corrected chi connectivity index (χ4v) is 7.83. The topological polar surface area (TPSA) is 381 Å². The number of nitrogens with two attached hydrogens (primary N) is 2. The van der Waals surface area contributed by atoms with E-state index in [4.69, 9.17) is 21.3 Å². The lowest BCUT2D eigenvalue weighted by Crippen LogP contribution is -2.61. The molecule has 0 unspecified atom stereocenters. The smallest absolute Gasteiger partial charge is 0.328 e. The van der Waals surface area contributed by atoms with E-state index in [9.17, 15) is 47.9 Å². The van der Waals surface area contributed by atoms with E-state index in [1.165, 1.54) is 26.6 Å². The molecule has 0 bridgehead atoms. The summed E-state index contributed by atoms with van der Waals surface area (Å²) in [7, 11) is 1.20. The van der Waals surface area contributed by atoms with Crippen molar-refractivity contribution >= 4 is 70.1 Å². The van der Waals surface area contributed by atoms with Gasteiger partial charge in [-0.05, 0) is 48.8 Å². The number of hydrogen-bond acceptors (Lipinski definition) is 13. The first-order valence-corrected chi connectivity index (χ1v) is 24.1. The van der Waals surface area contributed by atoms with Gasteiger partial charge in [-0.1, -0.05) is 76.2 Å². The maximum Gasteiger partial charge on any atom is 0.328 e. The summed E-state index contributed by atoms with van der Waals surface area (Å²) in [5, 5.41) is 28.2. The van der Waals surface area contributed by atoms with Gasteiger partial charge in [-0.25, -0.2) is 9.78 Å². The molecule has 8 amide bonds. The lowest BCUT2D eigenvalue weighted by molar-refractivity contribution is -0.146. The number of methoxy groups -OCH3 is 1. The molecule has 0 aliphatic carbocycles. The highest BCUT2D eigenvalue weighted by molar-refractivity contribution is 5.98. The van der Waals surface area contributed by atoms with E-state index in [1.54, 1.807) is 74.6 Å². The summed E-state index contributed by atoms with van der Waals surface area (Å²) in [5.74, 6) is -9.38. The number of aromatic amines is 2. The third-order valence-corrected chi connectivity index (χ3v) is 11.8. The predicted molar refractivity (Wildman–Crippen MR) is 269 cm³/mol. The Morgan fingerprint density at radius 1 is 0.649 bits per heavy atom. The second kappa shape index (κ2) is 28.2. The van der Waals surface area contributed by atoms with Crippen LogP contribution in [-0.2, 0) is 71.9 Å². The molecule has 0 fully saturated rings. The van der Waals surface area contributed by atoms with E-state index < -0.39 is 120 Å². The Bertz CT molecular complexity index is 2590. The minimum atomic E-state index is -1.56. The zero-order valence-electron chi connectivity index (χ0n) is 42.2. The zero-order chi connectivity index (χ0) is 54.6. The highest BCUT2D eigenvalue weighted by Crippen LogP contribution is 2.20. The van der Waals surface area contributed by atoms with Gasteiger partial charge in [0.2, 0.25) is 47.3 Å². The summed E-state index contributed by atoms with van der Waals surface area (Å²) >= 11 is 0. The molecule has 0 saturated heterocycles. The molecule has 400 valence electrons. The summed E-state index contributed by atoms with van der Waals surface area (Å²) in [5.41, 5.74) is 13.5. The van der Waals surface area contributed by atoms with Gasteiger partial charge in [0, 0.05) is 54.7 Å². The van der Waals surface area contributed by atoms with Crippen molar-refractivity contribution in [1.82, 2.24) is 52.2 Å². The van der Waals surface area contributed by atoms with Gasteiger partial charge in [0.05, 0.1) is 25.9 Å². The first kappa shape index (κ1) is 58.4. The number of carbonyl (C=O) groups excluding carboxylic acids is 9. The number of para-hydroxylation sites is 1. The number of benzene rings is 2. The van der Waals surface area contributed by atoms with Gasteiger partial charge < -0.3 is 68.5 Å². The fraction of sp³-hybridized carbons (Fsp3) is 0.460. The molecular weight excluding hydrogens is 961 g/mol. The van der Waals surface area contributed by atoms with Crippen LogP contribution in [0.25, 0.3) is 10.9 Å². The first-order valence-electron chi connectivity index (χ1n) is 24.1. The van der Waals surface area contributed by atoms with E-state index in [2.05, 4.69) is 52.2 Å². The molecule has 0 saturated carbocycles. The molecule has 14 N–H and O–H groups in total. The minimum absolute atomic E-state index is 0.0120. The highest BCUT2D eigenvalue weighted by Gasteiger charge is 2.35. The van der Waals surface area contributed by atoms with E-state index in [1.807, 2.05) is 13.8 Å². The van der Waals surface area contributed by atoms with Crippen LogP contribution in [-0.4, -0.2) is 135 Å². The number of carboxylic acids is 1. The highest BCUT2D eigenvalue weighted by atomic mass is 16.5. The van der Waals surface area contributed by atoms with E-state index >= 15 is 0 Å². The first-order chi connectivity index (χ1) is 35.1. The summed E-state index contributed by atoms with van der Waals surface area (Å²) in [6, 6.07) is 5.12. The number of nitrogens with one attached hydrogen (secondary N) is 9. The molecule has 0 spiro atoms. The number of hydrogen-bond donors (Lipinski definition) is 12. The second-order valence-electron chi connectivity index (χ2n) is 18.7. The molecule has 8 atom stereocenters. The quantitative estimate of drug-likeness (QED) is 0.0299. The molecule has 0 radical (unpaired) electrons. The van der Waals surface area contributed by atoms with Crippen LogP contribution in [0.1, 0.15) is 77.1 Å². The van der Waals surface area contributed by atoms with Crippen LogP contribution in [0, 0.1) is 11.8 Å². The van der Waals surface area contributed by atoms with Crippen LogP contribution in [0.5, 0.6) is 0 Å². The number of carboxylic acid groups (broad SMARTS) is 1. The Balaban J connectivity index is 1.56. The molecule has 24 heteroatoms. The lowest BCUT2D eigenvalue weighted by Gasteiger charge is -2.28. The Morgan fingerprint density at radius 3 is 1.81 bits per heavy atom. The average Bonchev–Trinajstić information content (AvgIpc) is 4.02. The number of nitrogens with zero attached hydrogens (tertiary/aromatic N) is 1. The van der Waals surface area contributed by atoms with Crippen molar-refractivity contribution in [3.8, 4) is 0 Å². The van der Waals surface area contributed by atoms with Gasteiger partial charge in [0.1, 0.15) is 42.3 Å². The number of esters is 1. The van der Waals surface area contributed by atoms with Crippen LogP contribution in [0.15, 0.2) is 73.3 Å². The number of carbonyl (C=O) groups is 10. The van der Waals surface area contributed by atoms with Gasteiger partial charge in [-0.15, -0.1) is 0 Å². The number of primary amides is 1. The van der Waals surface area contributed by atoms with Crippen molar-refractivity contribution in [3.63, 3.8) is 0 Å². The molecule has 74 heavy (non-hydrogen) atoms. The van der Waals surface area contributed by atoms with Crippen molar-refractivity contribution in [2.24, 2.45) is 23.3 Å². The van der Waals surface area contributed by atoms with Crippen molar-refractivity contribution in [1.29, 1.82) is 0 Å². The Kier molecular flexibility index (Phi) is 22.3. The standard InChI is InChI=1S/C50H68N12O12/c1-26(2)18-39(50(73)74-6)61-48(71)38(21-31-24-53-25-55-31)59-47(70)36(19-29-12-8-7-9-13-29)60-49(72)42(27(3)4)62-43(66)28(5)56-46(69)37(20-30-23-54-34-15-11-10-14-32(30)34)58-45(68)35(16-17-40(52)63)57-44(67)33(51)22-41(64)65/h7-15,23-28,33,35-39,42,54H,16-22,51H2,1-6H3,(H2,52,63)(H,53,55)(H,56,69)(H,57,67)(H,58,68)(H,59,70)(H,60,72)(H,61,71)(H,62,66)(H,64,65)/t28-,33-,35-,36+,37-,38-,39-,42-/m0/s1. The van der Waals surface area contributed by atoms with Crippen molar-refractivity contribution < 1.29 is 57.8 Å². The van der Waals surface area contributed by atoms with Gasteiger partial charge in [0.15, 0.2) is 0 Å². The van der Waals surface area contributed by atoms with Gasteiger partial charge in [0.25, 0.3) is 0 Å². The van der Waals surface area contributed by atoms with Crippen LogP contribution in [0.3, 0.4) is 0 Å². The number of H-pyrrole nitrogens is 2. The number of aliphatic carboxylic acids is 1. The summed E-state index contributed by atoms with van der Waals surface area (Å²) < 4.78 is 4.92. The van der Waals surface area contributed by atoms with Gasteiger partial charge in [-0.2, -0.15) is 0 Å². The zero-order valence-corrected chi connectivity index (χ0v) is 42.2. The van der Waals surface area contributed by atoms with Crippen molar-refractivity contribution in [2.75, 3.05) is 7.11 Å². The molecule has 2 aromatic carbocycles. The van der Waals surface area contributed by atoms with E-state index in [-0.39, 0.29) is 44.4 Å². The van der Waals surface area contributed by atoms with Crippen LogP contribution < -0.4 is 48.7 Å². The number of aromatic nitrogens is 3. The Morgan fingerprint density at radius 2 is 1.22 bits per heavy atom. The monoisotopic (exact) mass is 1030 g/mol. The third-order valence-electron chi connectivity index (χ3n) is 11.8. The molecule has 24 nitrogen and oxygen atoms in total. The molecular formula is C50H68N12O12. The Hall–Kier alpha value is -8.15. The maximum absolute atomic E-state index is 14.3. The second-order valence-corrected chi connectivity index (χ2v) is 18.7. The Labute approximate surface area is 427 Å². The number of ether oxygens (including phenoxy) is 1. The summed E-state index contributed by atoms with van der Waals surface area (Å²) in [6.45, 7) is 8.37. The van der Waals surface area contributed by atoms with Crippen molar-refractivity contribution in [3.05, 3.63) is 90.1 Å². The molecule has 2 aromatic heterocycles. The SMILES string of the molecule is COC(=O)[C@H](CC(C)C)NC(=O)[C@H](Cc1cnc[nH]1)NC(=O)[C@@H](Cc1ccccc1)NC(=O)[C@@H](NC(=O)[C@H](C)NC(=O)[C@H](Cc1c[nH]c2ccccc12)NC(=O)[C@H](CCC(N)=O)NC(=O)[C@@H](N)CC(=O)O)C(C)C. The van der Waals surface area contributed by atoms with Crippen LogP contribution >= 0.6 is 0 Å². The number of amides is 8. The molecule has 4 rings (SSSR count). The number of imidazole rings is 1. The maximum atomic E-state index is 14.3. The summed E-state index contributed by atoms with van der Waals surface area (Å²) in [4.78, 5) is 143. The number of fused-ring (bicyclic) bond motifs is 1. The predicted octanol–water partition coefficient (Wildman–Crippen LogP) is -0.725. The normalized spacial score (nSPS) is 14.4. The van der Waals surface area contributed by atoms with E-state index in [0.717, 1.165) is 0 Å². The van der Waals surface area contributed by atoms with Gasteiger partial charge in [-0.3, -0.25) is 43.2 Å². The summed E-state index contributed by atoms with van der Waals surface area (Å²) in [6.07, 6.45) is 2.99. The van der Waals surface area contributed by atoms with Crippen LogP contribution in [0.2, 0.25) is 0 Å². The molecule has 2 heterocycles. The molecule has 0 aliphatic heterocycles. The average molecular weight is 1030 g/mol. The number of rotatable bonds is 29. The third kappa shape index (κ3) is 18.2. The van der Waals surface area contributed by atoms with Crippen molar-refractivity contribution in [2.45, 2.75) is 128 Å². The molecule has 0 aliphatic rings. The van der Waals surface area contributed by atoms with Crippen LogP contribution in [0.4, 0.5) is 0 Å². The largest absolute Gasteiger partial charge is 0.481 e. The van der Waals surface area contributed by atoms with E-state index in [0.29, 0.717) is 27.7 Å². The lowest BCUT2D eigenvalue weighted by atomic mass is 10.00. The van der Waals surface area contributed by atoms with Gasteiger partial charge >= 0.3 is 11.9 Å². The minimum Gasteiger partial charge on any atom is -0.481 e. The molecule has 4 aromatic rings.